The Morgan fingerprint density at radius 1 is 0.476 bits per heavy atom. The van der Waals surface area contributed by atoms with Gasteiger partial charge in [0.2, 0.25) is 0 Å². The zero-order valence-electron chi connectivity index (χ0n) is 23.2. The molecule has 2 N–H and O–H groups in total. The molecule has 2 unspecified atom stereocenters. The van der Waals surface area contributed by atoms with Gasteiger partial charge in [-0.25, -0.2) is 0 Å². The summed E-state index contributed by atoms with van der Waals surface area (Å²) in [4.78, 5) is 0. The number of anilines is 1. The van der Waals surface area contributed by atoms with Gasteiger partial charge in [-0.15, -0.1) is 0 Å². The lowest BCUT2D eigenvalue weighted by atomic mass is 9.86. The van der Waals surface area contributed by atoms with Crippen LogP contribution in [0.5, 0.6) is 0 Å². The minimum atomic E-state index is 0.0583. The molecule has 0 aliphatic carbocycles. The van der Waals surface area contributed by atoms with Gasteiger partial charge in [-0.05, 0) is 104 Å². The fourth-order valence-corrected chi connectivity index (χ4v) is 6.29. The van der Waals surface area contributed by atoms with Gasteiger partial charge >= 0.3 is 0 Å². The molecule has 2 heteroatoms. The first-order valence-electron chi connectivity index (χ1n) is 14.6. The average molecular weight is 539 g/mol. The van der Waals surface area contributed by atoms with E-state index in [0.29, 0.717) is 0 Å². The van der Waals surface area contributed by atoms with Crippen molar-refractivity contribution in [2.45, 2.75) is 12.1 Å². The van der Waals surface area contributed by atoms with Gasteiger partial charge in [-0.1, -0.05) is 109 Å². The van der Waals surface area contributed by atoms with Crippen LogP contribution < -0.4 is 10.6 Å². The summed E-state index contributed by atoms with van der Waals surface area (Å²) in [5, 5.41) is 12.4. The van der Waals surface area contributed by atoms with Crippen molar-refractivity contribution in [1.29, 1.82) is 0 Å². The van der Waals surface area contributed by atoms with E-state index in [0.717, 1.165) is 5.69 Å². The van der Waals surface area contributed by atoms with E-state index in [1.807, 2.05) is 12.3 Å². The number of allylic oxidation sites excluding steroid dienone is 2. The minimum absolute atomic E-state index is 0.0583. The van der Waals surface area contributed by atoms with E-state index in [9.17, 15) is 0 Å². The van der Waals surface area contributed by atoms with E-state index >= 15 is 0 Å². The molecule has 2 aliphatic heterocycles. The number of hydrogen-bond donors (Lipinski definition) is 2. The molecular formula is C40H30N2. The van der Waals surface area contributed by atoms with Gasteiger partial charge in [0.1, 0.15) is 0 Å². The average Bonchev–Trinajstić information content (AvgIpc) is 3.07. The number of rotatable bonds is 4. The molecule has 0 radical (unpaired) electrons. The molecule has 0 saturated carbocycles. The van der Waals surface area contributed by atoms with Gasteiger partial charge in [0.25, 0.3) is 0 Å². The fourth-order valence-electron chi connectivity index (χ4n) is 6.29. The monoisotopic (exact) mass is 538 g/mol. The summed E-state index contributed by atoms with van der Waals surface area (Å²) in [6.07, 6.45) is 10.8. The maximum atomic E-state index is 3.85. The summed E-state index contributed by atoms with van der Waals surface area (Å²) in [6, 6.07) is 46.7. The Bertz CT molecular complexity index is 2060. The molecule has 0 fully saturated rings. The quantitative estimate of drug-likeness (QED) is 0.233. The molecule has 8 rings (SSSR count). The number of hydrogen-bond acceptors (Lipinski definition) is 2. The molecule has 2 nitrogen and oxygen atoms in total. The third kappa shape index (κ3) is 4.48. The zero-order chi connectivity index (χ0) is 27.9. The number of nitrogens with one attached hydrogen (secondary N) is 2. The molecule has 2 atom stereocenters. The summed E-state index contributed by atoms with van der Waals surface area (Å²) < 4.78 is 0. The molecule has 6 aromatic rings. The second kappa shape index (κ2) is 10.2. The van der Waals surface area contributed by atoms with Crippen molar-refractivity contribution in [3.05, 3.63) is 180 Å². The predicted octanol–water partition coefficient (Wildman–Crippen LogP) is 9.97. The highest BCUT2D eigenvalue weighted by atomic mass is 14.9. The highest BCUT2D eigenvalue weighted by Gasteiger charge is 2.23. The second-order valence-corrected chi connectivity index (χ2v) is 11.1. The lowest BCUT2D eigenvalue weighted by Crippen LogP contribution is -2.16. The smallest absolute Gasteiger partial charge is 0.0707 e. The van der Waals surface area contributed by atoms with E-state index in [2.05, 4.69) is 156 Å². The molecule has 0 spiro atoms. The van der Waals surface area contributed by atoms with Crippen molar-refractivity contribution in [1.82, 2.24) is 5.32 Å². The summed E-state index contributed by atoms with van der Waals surface area (Å²) in [5.74, 6) is 0. The second-order valence-electron chi connectivity index (χ2n) is 11.1. The van der Waals surface area contributed by atoms with Gasteiger partial charge in [-0.2, -0.15) is 0 Å². The van der Waals surface area contributed by atoms with Gasteiger partial charge in [0, 0.05) is 11.3 Å². The fraction of sp³-hybridized carbons (Fsp3) is 0.0500. The van der Waals surface area contributed by atoms with E-state index in [1.54, 1.807) is 0 Å². The first kappa shape index (κ1) is 24.5. The lowest BCUT2D eigenvalue weighted by Gasteiger charge is -2.28. The molecule has 6 aromatic carbocycles. The van der Waals surface area contributed by atoms with Crippen LogP contribution >= 0.6 is 0 Å². The summed E-state index contributed by atoms with van der Waals surface area (Å²) >= 11 is 0. The van der Waals surface area contributed by atoms with Crippen molar-refractivity contribution in [2.75, 3.05) is 5.32 Å². The standard InChI is InChI=1S/C40H30N2/c1-3-10-29-22-31(17-15-27(29)8-1)32-19-20-39-37(25-32)36(33-12-7-13-34(24-33)38-14-5-6-21-41-38)26-40(42-39)35-18-16-28-9-2-4-11-30(28)23-35/h1-26,38,40-42H. The van der Waals surface area contributed by atoms with Crippen LogP contribution in [0.25, 0.3) is 38.2 Å². The van der Waals surface area contributed by atoms with Gasteiger partial charge in [0.15, 0.2) is 0 Å². The normalized spacial score (nSPS) is 17.4. The number of fused-ring (bicyclic) bond motifs is 3. The highest BCUT2D eigenvalue weighted by molar-refractivity contribution is 5.93. The van der Waals surface area contributed by atoms with Gasteiger partial charge in [0.05, 0.1) is 12.1 Å². The predicted molar refractivity (Wildman–Crippen MR) is 177 cm³/mol. The third-order valence-electron chi connectivity index (χ3n) is 8.51. The number of dihydropyridines is 1. The van der Waals surface area contributed by atoms with Crippen LogP contribution in [0.15, 0.2) is 158 Å². The molecule has 2 aliphatic rings. The topological polar surface area (TPSA) is 24.1 Å². The Morgan fingerprint density at radius 2 is 1.19 bits per heavy atom. The van der Waals surface area contributed by atoms with Crippen molar-refractivity contribution in [3.63, 3.8) is 0 Å². The molecule has 0 aromatic heterocycles. The molecule has 2 heterocycles. The van der Waals surface area contributed by atoms with Crippen LogP contribution in [0, 0.1) is 0 Å². The van der Waals surface area contributed by atoms with Gasteiger partial charge < -0.3 is 10.6 Å². The third-order valence-corrected chi connectivity index (χ3v) is 8.51. The molecular weight excluding hydrogens is 508 g/mol. The van der Waals surface area contributed by atoms with Crippen molar-refractivity contribution in [3.8, 4) is 11.1 Å². The Hall–Kier alpha value is -5.34. The molecule has 0 saturated heterocycles. The van der Waals surface area contributed by atoms with Crippen LogP contribution in [-0.2, 0) is 0 Å². The Kier molecular flexibility index (Phi) is 5.97. The molecule has 0 amide bonds. The van der Waals surface area contributed by atoms with Crippen molar-refractivity contribution in [2.24, 2.45) is 0 Å². The van der Waals surface area contributed by atoms with Crippen LogP contribution in [-0.4, -0.2) is 0 Å². The maximum absolute atomic E-state index is 3.85. The molecule has 42 heavy (non-hydrogen) atoms. The summed E-state index contributed by atoms with van der Waals surface area (Å²) in [7, 11) is 0. The lowest BCUT2D eigenvalue weighted by molar-refractivity contribution is 0.746. The summed E-state index contributed by atoms with van der Waals surface area (Å²) in [6.45, 7) is 0. The highest BCUT2D eigenvalue weighted by Crippen LogP contribution is 2.42. The van der Waals surface area contributed by atoms with Crippen LogP contribution in [0.1, 0.15) is 34.3 Å². The molecule has 0 bridgehead atoms. The minimum Gasteiger partial charge on any atom is -0.381 e. The van der Waals surface area contributed by atoms with Crippen molar-refractivity contribution >= 4 is 32.8 Å². The number of benzene rings is 6. The van der Waals surface area contributed by atoms with Crippen LogP contribution in [0.2, 0.25) is 0 Å². The van der Waals surface area contributed by atoms with Crippen LogP contribution in [0.4, 0.5) is 5.69 Å². The van der Waals surface area contributed by atoms with E-state index in [1.165, 1.54) is 60.5 Å². The first-order valence-corrected chi connectivity index (χ1v) is 14.6. The van der Waals surface area contributed by atoms with E-state index in [-0.39, 0.29) is 12.1 Å². The van der Waals surface area contributed by atoms with Crippen molar-refractivity contribution < 1.29 is 0 Å². The van der Waals surface area contributed by atoms with Gasteiger partial charge in [-0.3, -0.25) is 0 Å². The van der Waals surface area contributed by atoms with E-state index < -0.39 is 0 Å². The summed E-state index contributed by atoms with van der Waals surface area (Å²) in [5.41, 5.74) is 9.80. The Labute approximate surface area is 246 Å². The van der Waals surface area contributed by atoms with Crippen LogP contribution in [0.3, 0.4) is 0 Å². The Balaban J connectivity index is 1.26. The zero-order valence-corrected chi connectivity index (χ0v) is 23.2. The SMILES string of the molecule is C1=CNC(c2cccc(C3=CC(c4ccc5ccccc5c4)Nc4ccc(-c5ccc6ccccc6c5)cc43)c2)C=C1. The largest absolute Gasteiger partial charge is 0.381 e. The maximum Gasteiger partial charge on any atom is 0.0707 e. The Morgan fingerprint density at radius 3 is 2.00 bits per heavy atom. The molecule has 200 valence electrons. The first-order chi connectivity index (χ1) is 20.8. The van der Waals surface area contributed by atoms with E-state index in [4.69, 9.17) is 0 Å².